The van der Waals surface area contributed by atoms with Gasteiger partial charge >= 0.3 is 11.9 Å². The van der Waals surface area contributed by atoms with E-state index in [-0.39, 0.29) is 31.7 Å². The van der Waals surface area contributed by atoms with Gasteiger partial charge in [-0.1, -0.05) is 13.8 Å². The van der Waals surface area contributed by atoms with Crippen LogP contribution in [0.3, 0.4) is 0 Å². The van der Waals surface area contributed by atoms with Crippen molar-refractivity contribution >= 4 is 11.9 Å². The first-order chi connectivity index (χ1) is 10.1. The fourth-order valence-corrected chi connectivity index (χ4v) is 1.60. The van der Waals surface area contributed by atoms with Crippen LogP contribution < -0.4 is 0 Å². The molecule has 0 heterocycles. The minimum atomic E-state index is -0.840. The lowest BCUT2D eigenvalue weighted by atomic mass is 10.2. The highest BCUT2D eigenvalue weighted by atomic mass is 16.7. The van der Waals surface area contributed by atoms with E-state index in [1.165, 1.54) is 0 Å². The van der Waals surface area contributed by atoms with Crippen LogP contribution in [0.4, 0.5) is 0 Å². The van der Waals surface area contributed by atoms with E-state index in [0.29, 0.717) is 32.5 Å². The molecule has 6 heteroatoms. The van der Waals surface area contributed by atoms with Crippen molar-refractivity contribution in [2.75, 3.05) is 19.8 Å². The van der Waals surface area contributed by atoms with Crippen LogP contribution in [0.15, 0.2) is 0 Å². The third kappa shape index (κ3) is 13.6. The van der Waals surface area contributed by atoms with Gasteiger partial charge in [0.2, 0.25) is 0 Å². The molecule has 0 radical (unpaired) electrons. The molecule has 0 saturated carbocycles. The standard InChI is InChI=1S/C15H28O6/c1-3-10-20-15(21-11-4-2)9-12-19-14(18)8-6-5-7-13(16)17/h15H,3-12H2,1-2H3,(H,16,17). The Labute approximate surface area is 126 Å². The molecule has 0 atom stereocenters. The molecule has 0 amide bonds. The molecule has 1 N–H and O–H groups in total. The van der Waals surface area contributed by atoms with Gasteiger partial charge < -0.3 is 19.3 Å². The van der Waals surface area contributed by atoms with Crippen LogP contribution >= 0.6 is 0 Å². The summed E-state index contributed by atoms with van der Waals surface area (Å²) in [4.78, 5) is 21.8. The van der Waals surface area contributed by atoms with Gasteiger partial charge in [-0.15, -0.1) is 0 Å². The highest BCUT2D eigenvalue weighted by Gasteiger charge is 2.11. The first-order valence-electron chi connectivity index (χ1n) is 7.70. The van der Waals surface area contributed by atoms with Gasteiger partial charge in [0.05, 0.1) is 6.61 Å². The van der Waals surface area contributed by atoms with Crippen LogP contribution in [0.2, 0.25) is 0 Å². The number of ether oxygens (including phenoxy) is 3. The van der Waals surface area contributed by atoms with Crippen LogP contribution in [0, 0.1) is 0 Å². The first kappa shape index (κ1) is 19.9. The summed E-state index contributed by atoms with van der Waals surface area (Å²) in [5.74, 6) is -1.14. The van der Waals surface area contributed by atoms with Crippen molar-refractivity contribution in [1.82, 2.24) is 0 Å². The SMILES string of the molecule is CCCOC(CCOC(=O)CCCCC(=O)O)OCCC. The van der Waals surface area contributed by atoms with Crippen molar-refractivity contribution in [3.05, 3.63) is 0 Å². The largest absolute Gasteiger partial charge is 0.481 e. The summed E-state index contributed by atoms with van der Waals surface area (Å²) in [6.45, 7) is 5.55. The normalized spacial score (nSPS) is 10.8. The van der Waals surface area contributed by atoms with E-state index in [9.17, 15) is 9.59 Å². The number of esters is 1. The maximum Gasteiger partial charge on any atom is 0.305 e. The van der Waals surface area contributed by atoms with Gasteiger partial charge in [-0.2, -0.15) is 0 Å². The van der Waals surface area contributed by atoms with Gasteiger partial charge in [-0.3, -0.25) is 9.59 Å². The Balaban J connectivity index is 3.70. The molecule has 0 rings (SSSR count). The number of unbranched alkanes of at least 4 members (excludes halogenated alkanes) is 1. The monoisotopic (exact) mass is 304 g/mol. The Hall–Kier alpha value is -1.14. The smallest absolute Gasteiger partial charge is 0.305 e. The molecule has 0 aromatic carbocycles. The topological polar surface area (TPSA) is 82.1 Å². The predicted molar refractivity (Wildman–Crippen MR) is 78.0 cm³/mol. The minimum absolute atomic E-state index is 0.0884. The highest BCUT2D eigenvalue weighted by molar-refractivity contribution is 5.69. The zero-order chi connectivity index (χ0) is 15.9. The van der Waals surface area contributed by atoms with Gasteiger partial charge in [0, 0.05) is 32.5 Å². The molecule has 0 aliphatic carbocycles. The molecule has 0 bridgehead atoms. The quantitative estimate of drug-likeness (QED) is 0.302. The van der Waals surface area contributed by atoms with Crippen LogP contribution in [0.25, 0.3) is 0 Å². The van der Waals surface area contributed by atoms with Gasteiger partial charge in [0.15, 0.2) is 6.29 Å². The Morgan fingerprint density at radius 3 is 2.05 bits per heavy atom. The zero-order valence-electron chi connectivity index (χ0n) is 13.1. The number of carbonyl (C=O) groups is 2. The number of rotatable bonds is 14. The predicted octanol–water partition coefficient (Wildman–Crippen LogP) is 2.74. The molecular weight excluding hydrogens is 276 g/mol. The second-order valence-corrected chi connectivity index (χ2v) is 4.78. The summed E-state index contributed by atoms with van der Waals surface area (Å²) < 4.78 is 16.1. The summed E-state index contributed by atoms with van der Waals surface area (Å²) in [7, 11) is 0. The summed E-state index contributed by atoms with van der Waals surface area (Å²) >= 11 is 0. The zero-order valence-corrected chi connectivity index (χ0v) is 13.1. The summed E-state index contributed by atoms with van der Waals surface area (Å²) in [5, 5.41) is 8.48. The van der Waals surface area contributed by atoms with Crippen LogP contribution in [-0.2, 0) is 23.8 Å². The van der Waals surface area contributed by atoms with E-state index < -0.39 is 5.97 Å². The lowest BCUT2D eigenvalue weighted by Crippen LogP contribution is -2.21. The van der Waals surface area contributed by atoms with E-state index in [2.05, 4.69) is 0 Å². The number of aliphatic carboxylic acids is 1. The van der Waals surface area contributed by atoms with Gasteiger partial charge in [-0.25, -0.2) is 0 Å². The summed E-state index contributed by atoms with van der Waals surface area (Å²) in [5.41, 5.74) is 0. The van der Waals surface area contributed by atoms with Crippen molar-refractivity contribution in [2.45, 2.75) is 65.1 Å². The first-order valence-corrected chi connectivity index (χ1v) is 7.70. The Kier molecular flexibility index (Phi) is 13.1. The number of carboxylic acid groups (broad SMARTS) is 1. The third-order valence-electron chi connectivity index (χ3n) is 2.65. The van der Waals surface area contributed by atoms with E-state index in [1.54, 1.807) is 0 Å². The second kappa shape index (κ2) is 13.8. The molecule has 0 spiro atoms. The molecule has 0 fully saturated rings. The molecule has 6 nitrogen and oxygen atoms in total. The van der Waals surface area contributed by atoms with Gasteiger partial charge in [0.25, 0.3) is 0 Å². The fraction of sp³-hybridized carbons (Fsp3) is 0.867. The molecular formula is C15H28O6. The van der Waals surface area contributed by atoms with E-state index in [1.807, 2.05) is 13.8 Å². The minimum Gasteiger partial charge on any atom is -0.481 e. The van der Waals surface area contributed by atoms with Gasteiger partial charge in [0.1, 0.15) is 0 Å². The third-order valence-corrected chi connectivity index (χ3v) is 2.65. The molecule has 21 heavy (non-hydrogen) atoms. The van der Waals surface area contributed by atoms with Crippen molar-refractivity contribution in [3.8, 4) is 0 Å². The Bertz CT molecular complexity index is 271. The van der Waals surface area contributed by atoms with Crippen molar-refractivity contribution in [2.24, 2.45) is 0 Å². The summed E-state index contributed by atoms with van der Waals surface area (Å²) in [6, 6.07) is 0. The maximum absolute atomic E-state index is 11.4. The Morgan fingerprint density at radius 2 is 1.52 bits per heavy atom. The molecule has 0 saturated heterocycles. The van der Waals surface area contributed by atoms with E-state index >= 15 is 0 Å². The number of hydrogen-bond acceptors (Lipinski definition) is 5. The lowest BCUT2D eigenvalue weighted by molar-refractivity contribution is -0.161. The molecule has 0 aliphatic rings. The highest BCUT2D eigenvalue weighted by Crippen LogP contribution is 2.06. The fourth-order valence-electron chi connectivity index (χ4n) is 1.60. The van der Waals surface area contributed by atoms with E-state index in [0.717, 1.165) is 12.8 Å². The van der Waals surface area contributed by atoms with Crippen LogP contribution in [-0.4, -0.2) is 43.2 Å². The molecule has 0 aromatic heterocycles. The Morgan fingerprint density at radius 1 is 0.952 bits per heavy atom. The maximum atomic E-state index is 11.4. The van der Waals surface area contributed by atoms with Gasteiger partial charge in [-0.05, 0) is 25.7 Å². The van der Waals surface area contributed by atoms with E-state index in [4.69, 9.17) is 19.3 Å². The van der Waals surface area contributed by atoms with Crippen molar-refractivity contribution in [1.29, 1.82) is 0 Å². The second-order valence-electron chi connectivity index (χ2n) is 4.78. The average Bonchev–Trinajstić information content (AvgIpc) is 2.45. The average molecular weight is 304 g/mol. The molecule has 0 aliphatic heterocycles. The number of carboxylic acids is 1. The van der Waals surface area contributed by atoms with Crippen LogP contribution in [0.5, 0.6) is 0 Å². The van der Waals surface area contributed by atoms with Crippen molar-refractivity contribution < 1.29 is 28.9 Å². The summed E-state index contributed by atoms with van der Waals surface area (Å²) in [6.07, 6.45) is 3.38. The number of carbonyl (C=O) groups excluding carboxylic acids is 1. The molecule has 0 aromatic rings. The van der Waals surface area contributed by atoms with Crippen LogP contribution in [0.1, 0.15) is 58.8 Å². The molecule has 0 unspecified atom stereocenters. The van der Waals surface area contributed by atoms with Crippen molar-refractivity contribution in [3.63, 3.8) is 0 Å². The molecule has 124 valence electrons. The number of hydrogen-bond donors (Lipinski definition) is 1. The lowest BCUT2D eigenvalue weighted by Gasteiger charge is -2.18.